The van der Waals surface area contributed by atoms with E-state index in [4.69, 9.17) is 9.72 Å². The number of nitriles is 1. The summed E-state index contributed by atoms with van der Waals surface area (Å²) in [5.74, 6) is -0.0344. The van der Waals surface area contributed by atoms with Gasteiger partial charge in [-0.15, -0.1) is 11.3 Å². The van der Waals surface area contributed by atoms with E-state index in [1.807, 2.05) is 35.7 Å². The Morgan fingerprint density at radius 1 is 1.11 bits per heavy atom. The van der Waals surface area contributed by atoms with Crippen molar-refractivity contribution in [2.24, 2.45) is 0 Å². The third-order valence-electron chi connectivity index (χ3n) is 5.13. The lowest BCUT2D eigenvalue weighted by atomic mass is 10.0. The third-order valence-corrected chi connectivity index (χ3v) is 7.83. The number of hydrogen-bond donors (Lipinski definition) is 1. The molecular weight excluding hydrogens is 515 g/mol. The number of carbonyl (C=O) groups excluding carboxylic acids is 1. The maximum Gasteiger partial charge on any atom is 0.251 e. The number of thiophene rings is 1. The van der Waals surface area contributed by atoms with Crippen molar-refractivity contribution in [1.29, 1.82) is 5.26 Å². The number of nitrogens with one attached hydrogen (secondary N) is 1. The SMILES string of the molecule is COc1ccc(-c2cc(-c3cccs3)nc(SC(C(=O)NS(C)(=O)=O)c3ccccc3)c2C#N)cc1. The van der Waals surface area contributed by atoms with Crippen LogP contribution in [-0.2, 0) is 14.8 Å². The molecule has 0 aliphatic carbocycles. The maximum atomic E-state index is 13.1. The van der Waals surface area contributed by atoms with Crippen molar-refractivity contribution in [3.63, 3.8) is 0 Å². The molecule has 0 fully saturated rings. The summed E-state index contributed by atoms with van der Waals surface area (Å²) in [6, 6.07) is 24.1. The zero-order valence-electron chi connectivity index (χ0n) is 19.3. The minimum atomic E-state index is -3.79. The number of pyridine rings is 1. The minimum absolute atomic E-state index is 0.290. The lowest BCUT2D eigenvalue weighted by molar-refractivity contribution is -0.118. The average Bonchev–Trinajstić information content (AvgIpc) is 3.41. The van der Waals surface area contributed by atoms with E-state index in [1.165, 1.54) is 11.3 Å². The molecule has 4 aromatic rings. The fourth-order valence-electron chi connectivity index (χ4n) is 3.51. The van der Waals surface area contributed by atoms with E-state index in [9.17, 15) is 18.5 Å². The van der Waals surface area contributed by atoms with E-state index in [0.29, 0.717) is 33.2 Å². The standard InChI is InChI=1S/C26H21N3O4S3/c1-33-19-12-10-17(11-13-19)20-15-22(23-9-6-14-34-23)28-26(21(20)16-27)35-24(18-7-4-3-5-8-18)25(30)29-36(2,31)32/h3-15,24H,1-2H3,(H,29,30). The number of nitrogens with zero attached hydrogens (tertiary/aromatic N) is 2. The summed E-state index contributed by atoms with van der Waals surface area (Å²) in [4.78, 5) is 18.7. The molecule has 0 bridgehead atoms. The van der Waals surface area contributed by atoms with Crippen LogP contribution in [0.5, 0.6) is 5.75 Å². The van der Waals surface area contributed by atoms with Crippen molar-refractivity contribution in [3.8, 4) is 33.5 Å². The van der Waals surface area contributed by atoms with Gasteiger partial charge < -0.3 is 4.74 Å². The third kappa shape index (κ3) is 5.94. The number of carbonyl (C=O) groups is 1. The van der Waals surface area contributed by atoms with Gasteiger partial charge in [-0.05, 0) is 40.8 Å². The summed E-state index contributed by atoms with van der Waals surface area (Å²) >= 11 is 2.54. The van der Waals surface area contributed by atoms with Crippen LogP contribution in [0.2, 0.25) is 0 Å². The Labute approximate surface area is 217 Å². The van der Waals surface area contributed by atoms with E-state index in [-0.39, 0.29) is 0 Å². The second kappa shape index (κ2) is 11.0. The molecule has 0 spiro atoms. The van der Waals surface area contributed by atoms with Crippen molar-refractivity contribution >= 4 is 39.0 Å². The first-order valence-corrected chi connectivity index (χ1v) is 14.3. The van der Waals surface area contributed by atoms with Gasteiger partial charge in [0, 0.05) is 5.56 Å². The van der Waals surface area contributed by atoms with Crippen molar-refractivity contribution in [2.45, 2.75) is 10.3 Å². The highest BCUT2D eigenvalue weighted by molar-refractivity contribution is 8.00. The highest BCUT2D eigenvalue weighted by Crippen LogP contribution is 2.41. The van der Waals surface area contributed by atoms with Gasteiger partial charge in [0.25, 0.3) is 5.91 Å². The van der Waals surface area contributed by atoms with Crippen LogP contribution in [0.3, 0.4) is 0 Å². The molecule has 10 heteroatoms. The molecule has 0 saturated carbocycles. The zero-order chi connectivity index (χ0) is 25.7. The topological polar surface area (TPSA) is 109 Å². The zero-order valence-corrected chi connectivity index (χ0v) is 21.8. The van der Waals surface area contributed by atoms with Gasteiger partial charge in [-0.25, -0.2) is 13.4 Å². The second-order valence-corrected chi connectivity index (χ2v) is 11.5. The molecule has 0 saturated heterocycles. The summed E-state index contributed by atoms with van der Waals surface area (Å²) < 4.78 is 31.0. The molecule has 0 aliphatic heterocycles. The molecule has 2 heterocycles. The molecule has 4 rings (SSSR count). The van der Waals surface area contributed by atoms with Gasteiger partial charge in [0.05, 0.1) is 29.5 Å². The molecule has 1 atom stereocenters. The predicted octanol–water partition coefficient (Wildman–Crippen LogP) is 5.27. The van der Waals surface area contributed by atoms with Crippen LogP contribution >= 0.6 is 23.1 Å². The van der Waals surface area contributed by atoms with Gasteiger partial charge in [-0.3, -0.25) is 9.52 Å². The monoisotopic (exact) mass is 535 g/mol. The van der Waals surface area contributed by atoms with Gasteiger partial charge >= 0.3 is 0 Å². The molecule has 1 amide bonds. The Morgan fingerprint density at radius 3 is 2.42 bits per heavy atom. The van der Waals surface area contributed by atoms with Crippen LogP contribution in [0, 0.1) is 11.3 Å². The summed E-state index contributed by atoms with van der Waals surface area (Å²) in [5.41, 5.74) is 2.95. The summed E-state index contributed by atoms with van der Waals surface area (Å²) in [6.45, 7) is 0. The molecule has 2 aromatic carbocycles. The number of amides is 1. The number of benzene rings is 2. The second-order valence-electron chi connectivity index (χ2n) is 7.70. The Bertz CT molecular complexity index is 1510. The highest BCUT2D eigenvalue weighted by Gasteiger charge is 2.28. The van der Waals surface area contributed by atoms with Crippen molar-refractivity contribution < 1.29 is 17.9 Å². The smallest absolute Gasteiger partial charge is 0.251 e. The largest absolute Gasteiger partial charge is 0.497 e. The van der Waals surface area contributed by atoms with Crippen LogP contribution in [0.25, 0.3) is 21.7 Å². The van der Waals surface area contributed by atoms with Crippen molar-refractivity contribution in [2.75, 3.05) is 13.4 Å². The van der Waals surface area contributed by atoms with E-state index in [1.54, 1.807) is 49.6 Å². The maximum absolute atomic E-state index is 13.1. The normalized spacial score (nSPS) is 11.9. The van der Waals surface area contributed by atoms with E-state index in [2.05, 4.69) is 10.8 Å². The van der Waals surface area contributed by atoms with Crippen LogP contribution in [0.4, 0.5) is 0 Å². The summed E-state index contributed by atoms with van der Waals surface area (Å²) in [5, 5.41) is 11.5. The first-order valence-electron chi connectivity index (χ1n) is 10.7. The van der Waals surface area contributed by atoms with Gasteiger partial charge in [0.1, 0.15) is 22.1 Å². The molecule has 36 heavy (non-hydrogen) atoms. The van der Waals surface area contributed by atoms with Crippen molar-refractivity contribution in [1.82, 2.24) is 9.71 Å². The van der Waals surface area contributed by atoms with Gasteiger partial charge in [-0.2, -0.15) is 5.26 Å². The fourth-order valence-corrected chi connectivity index (χ4v) is 5.86. The Kier molecular flexibility index (Phi) is 7.74. The van der Waals surface area contributed by atoms with E-state index < -0.39 is 21.2 Å². The van der Waals surface area contributed by atoms with Gasteiger partial charge in [0.15, 0.2) is 0 Å². The lowest BCUT2D eigenvalue weighted by Crippen LogP contribution is -2.32. The molecule has 0 aliphatic rings. The Balaban J connectivity index is 1.88. The van der Waals surface area contributed by atoms with Gasteiger partial charge in [-0.1, -0.05) is 60.3 Å². The average molecular weight is 536 g/mol. The quantitative estimate of drug-likeness (QED) is 0.306. The summed E-state index contributed by atoms with van der Waals surface area (Å²) in [6.07, 6.45) is 0.926. The highest BCUT2D eigenvalue weighted by atomic mass is 32.2. The fraction of sp³-hybridized carbons (Fsp3) is 0.115. The molecule has 7 nitrogen and oxygen atoms in total. The van der Waals surface area contributed by atoms with E-state index >= 15 is 0 Å². The number of aromatic nitrogens is 1. The number of rotatable bonds is 8. The van der Waals surface area contributed by atoms with Gasteiger partial charge in [0.2, 0.25) is 10.0 Å². The molecule has 0 radical (unpaired) electrons. The van der Waals surface area contributed by atoms with Crippen LogP contribution in [-0.4, -0.2) is 32.7 Å². The first-order chi connectivity index (χ1) is 17.3. The Hall–Kier alpha value is -3.65. The van der Waals surface area contributed by atoms with Crippen molar-refractivity contribution in [3.05, 3.63) is 89.3 Å². The molecule has 1 N–H and O–H groups in total. The molecular formula is C26H21N3O4S3. The number of hydrogen-bond acceptors (Lipinski definition) is 8. The van der Waals surface area contributed by atoms with Crippen LogP contribution < -0.4 is 9.46 Å². The number of sulfonamides is 1. The first kappa shape index (κ1) is 25.4. The predicted molar refractivity (Wildman–Crippen MR) is 142 cm³/mol. The molecule has 1 unspecified atom stereocenters. The Morgan fingerprint density at radius 2 is 1.83 bits per heavy atom. The summed E-state index contributed by atoms with van der Waals surface area (Å²) in [7, 11) is -2.21. The lowest BCUT2D eigenvalue weighted by Gasteiger charge is -2.18. The molecule has 182 valence electrons. The number of ether oxygens (including phenoxy) is 1. The minimum Gasteiger partial charge on any atom is -0.497 e. The van der Waals surface area contributed by atoms with E-state index in [0.717, 1.165) is 28.5 Å². The van der Waals surface area contributed by atoms with Crippen LogP contribution in [0.15, 0.2) is 83.2 Å². The number of thioether (sulfide) groups is 1. The van der Waals surface area contributed by atoms with Crippen LogP contribution in [0.1, 0.15) is 16.4 Å². The molecule has 2 aromatic heterocycles. The number of methoxy groups -OCH3 is 1.